The third-order valence-corrected chi connectivity index (χ3v) is 5.91. The molecule has 0 radical (unpaired) electrons. The van der Waals surface area contributed by atoms with Crippen LogP contribution in [0.2, 0.25) is 0 Å². The quantitative estimate of drug-likeness (QED) is 0.253. The van der Waals surface area contributed by atoms with Gasteiger partial charge in [-0.1, -0.05) is 30.9 Å². The van der Waals surface area contributed by atoms with E-state index in [2.05, 4.69) is 17.0 Å². The van der Waals surface area contributed by atoms with Crippen LogP contribution in [0.1, 0.15) is 41.0 Å². The fourth-order valence-corrected chi connectivity index (χ4v) is 3.98. The number of carboxylic acids is 1. The molecule has 1 amide bonds. The van der Waals surface area contributed by atoms with Crippen molar-refractivity contribution in [1.82, 2.24) is 15.1 Å². The first-order valence-electron chi connectivity index (χ1n) is 11.4. The van der Waals surface area contributed by atoms with Crippen molar-refractivity contribution in [1.29, 1.82) is 0 Å². The van der Waals surface area contributed by atoms with Crippen molar-refractivity contribution in [2.45, 2.75) is 45.3 Å². The van der Waals surface area contributed by atoms with Gasteiger partial charge in [-0.25, -0.2) is 13.9 Å². The molecule has 0 unspecified atom stereocenters. The van der Waals surface area contributed by atoms with Crippen LogP contribution in [0.4, 0.5) is 36.6 Å². The second kappa shape index (κ2) is 10.9. The van der Waals surface area contributed by atoms with Crippen LogP contribution >= 0.6 is 0 Å². The number of rotatable bonds is 8. The van der Waals surface area contributed by atoms with E-state index in [1.165, 1.54) is 30.9 Å². The standard InChI is InChI=1S/C25H23F7N4O3/c1-13(23(38)39)7-8-18(14(2)26)15(3)33-21(37)19-20(25(30,31)32)34-36-10-9-35(22(19)36)12-16-5-4-6-17(11-16)24(27,28)29/h4-8,11,15H,2,9-10,12H2,1,3H3,(H,33,37)(H,38,39)/b13-7+,18-8+/t15-/m0/s1. The van der Waals surface area contributed by atoms with Crippen molar-refractivity contribution < 1.29 is 45.4 Å². The first-order valence-corrected chi connectivity index (χ1v) is 11.4. The zero-order chi connectivity index (χ0) is 29.3. The summed E-state index contributed by atoms with van der Waals surface area (Å²) < 4.78 is 96.0. The highest BCUT2D eigenvalue weighted by molar-refractivity contribution is 6.01. The molecule has 2 heterocycles. The number of amides is 1. The summed E-state index contributed by atoms with van der Waals surface area (Å²) in [7, 11) is 0. The van der Waals surface area contributed by atoms with Crippen LogP contribution in [-0.2, 0) is 30.2 Å². The molecule has 39 heavy (non-hydrogen) atoms. The molecule has 3 rings (SSSR count). The van der Waals surface area contributed by atoms with Gasteiger partial charge in [0.1, 0.15) is 17.2 Å². The zero-order valence-electron chi connectivity index (χ0n) is 20.6. The molecule has 0 saturated heterocycles. The van der Waals surface area contributed by atoms with Crippen molar-refractivity contribution in [3.8, 4) is 0 Å². The third-order valence-electron chi connectivity index (χ3n) is 5.91. The molecule has 0 fully saturated rings. The average molecular weight is 560 g/mol. The van der Waals surface area contributed by atoms with E-state index >= 15 is 0 Å². The Kier molecular flexibility index (Phi) is 8.27. The van der Waals surface area contributed by atoms with E-state index in [1.807, 2.05) is 0 Å². The molecule has 1 aromatic heterocycles. The van der Waals surface area contributed by atoms with Gasteiger partial charge in [0.25, 0.3) is 5.91 Å². The number of nitrogens with one attached hydrogen (secondary N) is 1. The van der Waals surface area contributed by atoms with Crippen LogP contribution in [0.3, 0.4) is 0 Å². The lowest BCUT2D eigenvalue weighted by Gasteiger charge is -2.21. The van der Waals surface area contributed by atoms with Crippen LogP contribution in [-0.4, -0.2) is 39.4 Å². The highest BCUT2D eigenvalue weighted by atomic mass is 19.4. The van der Waals surface area contributed by atoms with Crippen molar-refractivity contribution in [2.24, 2.45) is 0 Å². The van der Waals surface area contributed by atoms with Gasteiger partial charge in [0.15, 0.2) is 5.69 Å². The smallest absolute Gasteiger partial charge is 0.436 e. The molecule has 7 nitrogen and oxygen atoms in total. The van der Waals surface area contributed by atoms with Gasteiger partial charge in [-0.15, -0.1) is 0 Å². The predicted molar refractivity (Wildman–Crippen MR) is 126 cm³/mol. The van der Waals surface area contributed by atoms with Gasteiger partial charge < -0.3 is 15.3 Å². The van der Waals surface area contributed by atoms with Crippen LogP contribution in [0.25, 0.3) is 0 Å². The maximum Gasteiger partial charge on any atom is 0.436 e. The number of fused-ring (bicyclic) bond motifs is 1. The van der Waals surface area contributed by atoms with E-state index < -0.39 is 52.9 Å². The minimum Gasteiger partial charge on any atom is -0.478 e. The number of aliphatic carboxylic acids is 1. The summed E-state index contributed by atoms with van der Waals surface area (Å²) in [5.74, 6) is -3.87. The van der Waals surface area contributed by atoms with Crippen LogP contribution in [0.5, 0.6) is 0 Å². The van der Waals surface area contributed by atoms with E-state index in [-0.39, 0.29) is 42.2 Å². The molecule has 1 aromatic carbocycles. The van der Waals surface area contributed by atoms with E-state index in [0.29, 0.717) is 0 Å². The summed E-state index contributed by atoms with van der Waals surface area (Å²) in [6.45, 7) is 5.37. The zero-order valence-corrected chi connectivity index (χ0v) is 20.6. The number of carbonyl (C=O) groups is 2. The predicted octanol–water partition coefficient (Wildman–Crippen LogP) is 5.50. The number of hydrogen-bond acceptors (Lipinski definition) is 4. The molecule has 210 valence electrons. The van der Waals surface area contributed by atoms with Crippen molar-refractivity contribution in [2.75, 3.05) is 11.4 Å². The molecule has 2 aromatic rings. The van der Waals surface area contributed by atoms with Gasteiger partial charge >= 0.3 is 18.3 Å². The molecule has 0 aliphatic carbocycles. The second-order valence-electron chi connectivity index (χ2n) is 8.76. The number of allylic oxidation sites excluding steroid dienone is 2. The number of benzene rings is 1. The molecule has 1 atom stereocenters. The van der Waals surface area contributed by atoms with E-state index in [4.69, 9.17) is 5.11 Å². The number of halogens is 7. The Morgan fingerprint density at radius 3 is 2.38 bits per heavy atom. The Labute approximate surface area is 217 Å². The van der Waals surface area contributed by atoms with Gasteiger partial charge in [0, 0.05) is 24.2 Å². The van der Waals surface area contributed by atoms with Crippen LogP contribution in [0, 0.1) is 0 Å². The lowest BCUT2D eigenvalue weighted by molar-refractivity contribution is -0.142. The van der Waals surface area contributed by atoms with Crippen LogP contribution in [0.15, 0.2) is 60.0 Å². The number of carboxylic acid groups (broad SMARTS) is 1. The minimum atomic E-state index is -5.06. The Morgan fingerprint density at radius 2 is 1.82 bits per heavy atom. The molecule has 1 aliphatic heterocycles. The molecule has 1 aliphatic rings. The Balaban J connectivity index is 1.98. The van der Waals surface area contributed by atoms with Crippen molar-refractivity contribution in [3.05, 3.63) is 82.4 Å². The third kappa shape index (κ3) is 6.67. The summed E-state index contributed by atoms with van der Waals surface area (Å²) in [5, 5.41) is 14.7. The lowest BCUT2D eigenvalue weighted by Crippen LogP contribution is -2.36. The highest BCUT2D eigenvalue weighted by Crippen LogP contribution is 2.39. The lowest BCUT2D eigenvalue weighted by atomic mass is 10.1. The van der Waals surface area contributed by atoms with Crippen molar-refractivity contribution >= 4 is 17.7 Å². The number of carbonyl (C=O) groups excluding carboxylic acids is 1. The summed E-state index contributed by atoms with van der Waals surface area (Å²) in [5.41, 5.74) is -3.64. The summed E-state index contributed by atoms with van der Waals surface area (Å²) in [6, 6.07) is 3.01. The molecule has 2 N–H and O–H groups in total. The molecular formula is C25H23F7N4O3. The van der Waals surface area contributed by atoms with Gasteiger partial charge in [0.05, 0.1) is 18.2 Å². The average Bonchev–Trinajstić information content (AvgIpc) is 3.38. The van der Waals surface area contributed by atoms with Gasteiger partial charge in [-0.05, 0) is 31.5 Å². The largest absolute Gasteiger partial charge is 0.478 e. The normalized spacial score (nSPS) is 15.3. The minimum absolute atomic E-state index is 0.0636. The maximum absolute atomic E-state index is 14.1. The van der Waals surface area contributed by atoms with Gasteiger partial charge in [0.2, 0.25) is 0 Å². The summed E-state index contributed by atoms with van der Waals surface area (Å²) in [4.78, 5) is 25.5. The van der Waals surface area contributed by atoms with Gasteiger partial charge in [-0.2, -0.15) is 31.4 Å². The number of anilines is 1. The fourth-order valence-electron chi connectivity index (χ4n) is 3.98. The molecule has 0 saturated carbocycles. The number of nitrogens with zero attached hydrogens (tertiary/aromatic N) is 3. The monoisotopic (exact) mass is 560 g/mol. The second-order valence-corrected chi connectivity index (χ2v) is 8.76. The molecule has 14 heteroatoms. The van der Waals surface area contributed by atoms with E-state index in [0.717, 1.165) is 29.0 Å². The first kappa shape index (κ1) is 29.5. The fraction of sp³-hybridized carbons (Fsp3) is 0.320. The summed E-state index contributed by atoms with van der Waals surface area (Å²) in [6.07, 6.45) is -7.61. The molecular weight excluding hydrogens is 537 g/mol. The SMILES string of the molecule is C=C(F)/C(=C\C=C(/C)C(=O)O)[C@H](C)NC(=O)c1c(C(F)(F)F)nn2c1N(Cc1cccc(C(F)(F)F)c1)CC2. The maximum atomic E-state index is 14.1. The Bertz CT molecular complexity index is 1360. The van der Waals surface area contributed by atoms with Crippen molar-refractivity contribution in [3.63, 3.8) is 0 Å². The van der Waals surface area contributed by atoms with E-state index in [1.54, 1.807) is 0 Å². The Morgan fingerprint density at radius 1 is 1.15 bits per heavy atom. The van der Waals surface area contributed by atoms with E-state index in [9.17, 15) is 40.3 Å². The number of hydrogen-bond donors (Lipinski definition) is 2. The topological polar surface area (TPSA) is 87.5 Å². The van der Waals surface area contributed by atoms with Gasteiger partial charge in [-0.3, -0.25) is 4.79 Å². The summed E-state index contributed by atoms with van der Waals surface area (Å²) >= 11 is 0. The molecule has 0 bridgehead atoms. The molecule has 0 spiro atoms. The van der Waals surface area contributed by atoms with Crippen LogP contribution < -0.4 is 10.2 Å². The highest BCUT2D eigenvalue weighted by Gasteiger charge is 2.44. The first-order chi connectivity index (χ1) is 18.0. The number of aromatic nitrogens is 2. The number of alkyl halides is 6. The Hall–Kier alpha value is -4.10.